The number of hydrogen-bond donors (Lipinski definition) is 0. The number of halogens is 1. The SMILES string of the molecule is COc1cccc(COc2cccc(C(C)=O)c2)c1F. The van der Waals surface area contributed by atoms with Crippen molar-refractivity contribution in [3.8, 4) is 11.5 Å². The quantitative estimate of drug-likeness (QED) is 0.781. The average Bonchev–Trinajstić information content (AvgIpc) is 2.46. The fraction of sp³-hybridized carbons (Fsp3) is 0.188. The summed E-state index contributed by atoms with van der Waals surface area (Å²) in [6.07, 6.45) is 0. The van der Waals surface area contributed by atoms with E-state index in [0.717, 1.165) is 0 Å². The van der Waals surface area contributed by atoms with Crippen LogP contribution in [0.5, 0.6) is 11.5 Å². The molecule has 0 spiro atoms. The molecule has 0 aliphatic rings. The average molecular weight is 274 g/mol. The van der Waals surface area contributed by atoms with Crippen LogP contribution in [0.1, 0.15) is 22.8 Å². The number of carbonyl (C=O) groups excluding carboxylic acids is 1. The summed E-state index contributed by atoms with van der Waals surface area (Å²) in [5.74, 6) is 0.240. The van der Waals surface area contributed by atoms with Crippen molar-refractivity contribution >= 4 is 5.78 Å². The molecule has 0 radical (unpaired) electrons. The summed E-state index contributed by atoms with van der Waals surface area (Å²) < 4.78 is 24.4. The molecule has 0 amide bonds. The molecule has 104 valence electrons. The van der Waals surface area contributed by atoms with E-state index in [1.807, 2.05) is 0 Å². The van der Waals surface area contributed by atoms with Crippen LogP contribution in [-0.2, 0) is 6.61 Å². The van der Waals surface area contributed by atoms with Gasteiger partial charge in [0.25, 0.3) is 0 Å². The Bertz CT molecular complexity index is 623. The van der Waals surface area contributed by atoms with E-state index in [1.165, 1.54) is 14.0 Å². The van der Waals surface area contributed by atoms with Crippen LogP contribution in [0, 0.1) is 5.82 Å². The molecule has 0 aliphatic carbocycles. The molecule has 0 N–H and O–H groups in total. The van der Waals surface area contributed by atoms with Crippen molar-refractivity contribution in [1.29, 1.82) is 0 Å². The van der Waals surface area contributed by atoms with Crippen molar-refractivity contribution in [2.75, 3.05) is 7.11 Å². The van der Waals surface area contributed by atoms with Crippen LogP contribution in [0.2, 0.25) is 0 Å². The molecular weight excluding hydrogens is 259 g/mol. The van der Waals surface area contributed by atoms with Crippen LogP contribution >= 0.6 is 0 Å². The zero-order valence-electron chi connectivity index (χ0n) is 11.4. The summed E-state index contributed by atoms with van der Waals surface area (Å²) >= 11 is 0. The predicted octanol–water partition coefficient (Wildman–Crippen LogP) is 3.62. The normalized spacial score (nSPS) is 10.2. The molecule has 0 saturated carbocycles. The molecule has 2 aromatic rings. The number of ether oxygens (including phenoxy) is 2. The predicted molar refractivity (Wildman–Crippen MR) is 73.7 cm³/mol. The number of methoxy groups -OCH3 is 1. The first kappa shape index (κ1) is 14.1. The molecule has 2 aromatic carbocycles. The van der Waals surface area contributed by atoms with E-state index in [-0.39, 0.29) is 18.1 Å². The zero-order valence-corrected chi connectivity index (χ0v) is 11.4. The lowest BCUT2D eigenvalue weighted by Crippen LogP contribution is -2.01. The van der Waals surface area contributed by atoms with Crippen LogP contribution in [-0.4, -0.2) is 12.9 Å². The highest BCUT2D eigenvalue weighted by atomic mass is 19.1. The van der Waals surface area contributed by atoms with Crippen molar-refractivity contribution < 1.29 is 18.7 Å². The highest BCUT2D eigenvalue weighted by Crippen LogP contribution is 2.22. The summed E-state index contributed by atoms with van der Waals surface area (Å²) in [7, 11) is 1.42. The fourth-order valence-electron chi connectivity index (χ4n) is 1.79. The number of carbonyl (C=O) groups is 1. The topological polar surface area (TPSA) is 35.5 Å². The molecule has 0 heterocycles. The van der Waals surface area contributed by atoms with Gasteiger partial charge in [0.05, 0.1) is 7.11 Å². The Morgan fingerprint density at radius 2 is 1.95 bits per heavy atom. The molecule has 0 unspecified atom stereocenters. The minimum Gasteiger partial charge on any atom is -0.494 e. The number of Topliss-reactive ketones (excluding diaryl/α,β-unsaturated/α-hetero) is 1. The molecule has 3 nitrogen and oxygen atoms in total. The minimum atomic E-state index is -0.433. The van der Waals surface area contributed by atoms with Gasteiger partial charge in [0, 0.05) is 11.1 Å². The monoisotopic (exact) mass is 274 g/mol. The van der Waals surface area contributed by atoms with Gasteiger partial charge in [-0.3, -0.25) is 4.79 Å². The first-order chi connectivity index (χ1) is 9.61. The van der Waals surface area contributed by atoms with E-state index in [4.69, 9.17) is 9.47 Å². The maximum atomic E-state index is 13.9. The summed E-state index contributed by atoms with van der Waals surface area (Å²) in [5, 5.41) is 0. The first-order valence-corrected chi connectivity index (χ1v) is 6.17. The third-order valence-corrected chi connectivity index (χ3v) is 2.90. The Morgan fingerprint density at radius 3 is 2.65 bits per heavy atom. The Kier molecular flexibility index (Phi) is 4.35. The Balaban J connectivity index is 2.13. The van der Waals surface area contributed by atoms with E-state index in [0.29, 0.717) is 16.9 Å². The fourth-order valence-corrected chi connectivity index (χ4v) is 1.79. The first-order valence-electron chi connectivity index (χ1n) is 6.17. The third kappa shape index (κ3) is 3.15. The van der Waals surface area contributed by atoms with Gasteiger partial charge in [-0.2, -0.15) is 0 Å². The van der Waals surface area contributed by atoms with Crippen molar-refractivity contribution in [3.63, 3.8) is 0 Å². The second kappa shape index (κ2) is 6.19. The molecule has 4 heteroatoms. The third-order valence-electron chi connectivity index (χ3n) is 2.90. The second-order valence-corrected chi connectivity index (χ2v) is 4.31. The van der Waals surface area contributed by atoms with Crippen LogP contribution in [0.15, 0.2) is 42.5 Å². The van der Waals surface area contributed by atoms with E-state index in [2.05, 4.69) is 0 Å². The number of benzene rings is 2. The molecule has 0 saturated heterocycles. The summed E-state index contributed by atoms with van der Waals surface area (Å²) in [6.45, 7) is 1.56. The number of hydrogen-bond acceptors (Lipinski definition) is 3. The number of rotatable bonds is 5. The maximum Gasteiger partial charge on any atom is 0.171 e. The van der Waals surface area contributed by atoms with Crippen LogP contribution < -0.4 is 9.47 Å². The zero-order chi connectivity index (χ0) is 14.5. The largest absolute Gasteiger partial charge is 0.494 e. The lowest BCUT2D eigenvalue weighted by molar-refractivity contribution is 0.101. The smallest absolute Gasteiger partial charge is 0.171 e. The lowest BCUT2D eigenvalue weighted by atomic mass is 10.1. The van der Waals surface area contributed by atoms with Crippen molar-refractivity contribution in [1.82, 2.24) is 0 Å². The second-order valence-electron chi connectivity index (χ2n) is 4.31. The van der Waals surface area contributed by atoms with Gasteiger partial charge in [-0.1, -0.05) is 24.3 Å². The Hall–Kier alpha value is -2.36. The summed E-state index contributed by atoms with van der Waals surface area (Å²) in [4.78, 5) is 11.3. The van der Waals surface area contributed by atoms with Crippen LogP contribution in [0.3, 0.4) is 0 Å². The molecule has 0 atom stereocenters. The van der Waals surface area contributed by atoms with E-state index in [1.54, 1.807) is 42.5 Å². The van der Waals surface area contributed by atoms with Crippen molar-refractivity contribution in [2.45, 2.75) is 13.5 Å². The molecule has 0 aromatic heterocycles. The van der Waals surface area contributed by atoms with Crippen LogP contribution in [0.25, 0.3) is 0 Å². The van der Waals surface area contributed by atoms with Gasteiger partial charge in [-0.15, -0.1) is 0 Å². The molecule has 0 bridgehead atoms. The van der Waals surface area contributed by atoms with E-state index in [9.17, 15) is 9.18 Å². The highest BCUT2D eigenvalue weighted by Gasteiger charge is 2.09. The van der Waals surface area contributed by atoms with Crippen LogP contribution in [0.4, 0.5) is 4.39 Å². The van der Waals surface area contributed by atoms with Gasteiger partial charge < -0.3 is 9.47 Å². The molecular formula is C16H15FO3. The molecule has 0 aliphatic heterocycles. The highest BCUT2D eigenvalue weighted by molar-refractivity contribution is 5.94. The van der Waals surface area contributed by atoms with E-state index < -0.39 is 5.82 Å². The molecule has 2 rings (SSSR count). The maximum absolute atomic E-state index is 13.9. The van der Waals surface area contributed by atoms with E-state index >= 15 is 0 Å². The Labute approximate surface area is 117 Å². The summed E-state index contributed by atoms with van der Waals surface area (Å²) in [5.41, 5.74) is 0.964. The molecule has 20 heavy (non-hydrogen) atoms. The van der Waals surface area contributed by atoms with Gasteiger partial charge in [-0.25, -0.2) is 4.39 Å². The lowest BCUT2D eigenvalue weighted by Gasteiger charge is -2.10. The van der Waals surface area contributed by atoms with Gasteiger partial charge >= 0.3 is 0 Å². The van der Waals surface area contributed by atoms with Gasteiger partial charge in [0.1, 0.15) is 12.4 Å². The van der Waals surface area contributed by atoms with Crippen molar-refractivity contribution in [2.24, 2.45) is 0 Å². The van der Waals surface area contributed by atoms with Gasteiger partial charge in [0.15, 0.2) is 17.3 Å². The number of ketones is 1. The standard InChI is InChI=1S/C16H15FO3/c1-11(18)12-5-3-7-14(9-12)20-10-13-6-4-8-15(19-2)16(13)17/h3-9H,10H2,1-2H3. The van der Waals surface area contributed by atoms with Gasteiger partial charge in [0.2, 0.25) is 0 Å². The van der Waals surface area contributed by atoms with Crippen molar-refractivity contribution in [3.05, 3.63) is 59.4 Å². The van der Waals surface area contributed by atoms with Gasteiger partial charge in [-0.05, 0) is 25.1 Å². The summed E-state index contributed by atoms with van der Waals surface area (Å²) in [6, 6.07) is 11.7. The molecule has 0 fully saturated rings. The Morgan fingerprint density at radius 1 is 1.20 bits per heavy atom. The minimum absolute atomic E-state index is 0.0389.